The fraction of sp³-hybridized carbons (Fsp3) is 0.226. The number of furan rings is 1. The molecule has 0 saturated heterocycles. The lowest BCUT2D eigenvalue weighted by Crippen LogP contribution is -1.89. The minimum Gasteiger partial charge on any atom is -0.461 e. The third-order valence-electron chi connectivity index (χ3n) is 12.0. The van der Waals surface area contributed by atoms with E-state index in [2.05, 4.69) is 132 Å². The van der Waals surface area contributed by atoms with Crippen molar-refractivity contribution in [1.29, 1.82) is 0 Å². The Bertz CT molecular complexity index is 2940. The van der Waals surface area contributed by atoms with Crippen LogP contribution < -0.4 is 0 Å². The maximum atomic E-state index is 5.50. The van der Waals surface area contributed by atoms with Crippen LogP contribution in [0, 0.1) is 48.5 Å². The molecule has 0 aliphatic rings. The van der Waals surface area contributed by atoms with Crippen molar-refractivity contribution in [1.82, 2.24) is 57.7 Å². The normalized spacial score (nSPS) is 10.7. The van der Waals surface area contributed by atoms with E-state index < -0.39 is 0 Å². The fourth-order valence-electron chi connectivity index (χ4n) is 7.48. The van der Waals surface area contributed by atoms with Gasteiger partial charge in [-0.25, -0.2) is 19.9 Å². The molecule has 0 unspecified atom stereocenters. The second-order valence-corrected chi connectivity index (χ2v) is 16.2. The molecule has 0 aliphatic heterocycles. The summed E-state index contributed by atoms with van der Waals surface area (Å²) < 4.78 is 16.0. The Hall–Kier alpha value is -7.93. The van der Waals surface area contributed by atoms with Gasteiger partial charge in [0.2, 0.25) is 0 Å². The zero-order valence-corrected chi connectivity index (χ0v) is 40.0. The van der Waals surface area contributed by atoms with Crippen LogP contribution in [0.2, 0.25) is 0 Å². The molecule has 0 aliphatic carbocycles. The molecule has 0 radical (unpaired) electrons. The van der Waals surface area contributed by atoms with Crippen molar-refractivity contribution >= 4 is 66.1 Å². The second kappa shape index (κ2) is 20.3. The third kappa shape index (κ3) is 10.1. The summed E-state index contributed by atoms with van der Waals surface area (Å²) in [6, 6.07) is 32.7. The number of benzene rings is 2. The molecule has 0 atom stereocenters. The molecule has 12 aromatic rings. The highest BCUT2D eigenvalue weighted by molar-refractivity contribution is 5.82. The molecule has 336 valence electrons. The topological polar surface area (TPSA) is 128 Å². The Morgan fingerprint density at radius 3 is 1.68 bits per heavy atom. The molecular weight excluding hydrogens is 821 g/mol. The van der Waals surface area contributed by atoms with Crippen LogP contribution in [0.25, 0.3) is 66.1 Å². The molecule has 0 saturated carbocycles. The van der Waals surface area contributed by atoms with Crippen LogP contribution >= 0.6 is 0 Å². The smallest absolute Gasteiger partial charge is 0.177 e. The SMILES string of the molecule is Cc1cc2ccccc2n1C.Cc1cc2ncccc2n1C.Cc1nc2ccncc2n1C.Cc1nc2cnccc2n1C.Cc1nc2ncccc2n1C.Cc1oc2ccccc2c1C. The molecule has 0 spiro atoms. The molecule has 0 bridgehead atoms. The predicted molar refractivity (Wildman–Crippen MR) is 269 cm³/mol. The first-order valence-corrected chi connectivity index (χ1v) is 21.8. The van der Waals surface area contributed by atoms with Gasteiger partial charge in [0.15, 0.2) is 5.65 Å². The lowest BCUT2D eigenvalue weighted by molar-refractivity contribution is 0.575. The molecule has 0 N–H and O–H groups in total. The van der Waals surface area contributed by atoms with E-state index in [0.29, 0.717) is 0 Å². The van der Waals surface area contributed by atoms with E-state index in [0.717, 1.165) is 67.6 Å². The van der Waals surface area contributed by atoms with Gasteiger partial charge in [-0.3, -0.25) is 15.0 Å². The van der Waals surface area contributed by atoms with Crippen molar-refractivity contribution in [2.24, 2.45) is 35.2 Å². The van der Waals surface area contributed by atoms with Crippen molar-refractivity contribution < 1.29 is 4.42 Å². The van der Waals surface area contributed by atoms with Crippen LogP contribution in [-0.4, -0.2) is 57.7 Å². The summed E-state index contributed by atoms with van der Waals surface area (Å²) in [6.07, 6.45) is 10.7. The van der Waals surface area contributed by atoms with Crippen LogP contribution in [0.1, 0.15) is 40.2 Å². The number of hydrogen-bond donors (Lipinski definition) is 0. The van der Waals surface area contributed by atoms with Gasteiger partial charge in [-0.15, -0.1) is 0 Å². The van der Waals surface area contributed by atoms with Crippen LogP contribution in [0.15, 0.2) is 139 Å². The number of rotatable bonds is 0. The van der Waals surface area contributed by atoms with Gasteiger partial charge in [0.25, 0.3) is 0 Å². The predicted octanol–water partition coefficient (Wildman–Crippen LogP) is 11.2. The Labute approximate surface area is 385 Å². The monoisotopic (exact) mass is 878 g/mol. The van der Waals surface area contributed by atoms with Crippen LogP contribution in [0.4, 0.5) is 0 Å². The minimum absolute atomic E-state index is 0.826. The van der Waals surface area contributed by atoms with E-state index in [1.807, 2.05) is 119 Å². The van der Waals surface area contributed by atoms with Crippen molar-refractivity contribution in [3.05, 3.63) is 174 Å². The molecule has 0 amide bonds. The number of pyridine rings is 4. The lowest BCUT2D eigenvalue weighted by atomic mass is 10.2. The molecule has 10 heterocycles. The second-order valence-electron chi connectivity index (χ2n) is 16.2. The van der Waals surface area contributed by atoms with Crippen LogP contribution in [0.3, 0.4) is 0 Å². The lowest BCUT2D eigenvalue weighted by Gasteiger charge is -1.96. The van der Waals surface area contributed by atoms with E-state index in [1.165, 1.54) is 38.8 Å². The Balaban J connectivity index is 0.000000118. The first-order valence-electron chi connectivity index (χ1n) is 21.8. The number of hydrogen-bond acceptors (Lipinski definition) is 8. The standard InChI is InChI=1S/C10H11N.C10H10O.C9H10N2.3C8H9N3/c1-8-7-9-5-3-4-6-10(9)11(8)2;1-7-8(2)11-10-6-4-3-5-9(7)10;1-7-6-8-9(11(7)2)4-3-5-10-8;1-6-10-7-5-9-4-3-8(7)11(6)2;1-6-10-7-3-4-9-5-8(7)11(6)2;1-6-10-8-7(11(6)2)4-3-5-9-8/h3-7H,1-2H3;2*3-6H,1-2H3;3*3-5H,1-2H3. The molecule has 13 nitrogen and oxygen atoms in total. The maximum absolute atomic E-state index is 5.50. The van der Waals surface area contributed by atoms with Crippen molar-refractivity contribution in [3.8, 4) is 0 Å². The highest BCUT2D eigenvalue weighted by atomic mass is 16.3. The van der Waals surface area contributed by atoms with Gasteiger partial charge in [-0.1, -0.05) is 36.4 Å². The van der Waals surface area contributed by atoms with Gasteiger partial charge in [-0.05, 0) is 120 Å². The van der Waals surface area contributed by atoms with Crippen molar-refractivity contribution in [2.45, 2.75) is 48.5 Å². The van der Waals surface area contributed by atoms with E-state index >= 15 is 0 Å². The molecule has 13 heteroatoms. The summed E-state index contributed by atoms with van der Waals surface area (Å²) in [5.74, 6) is 4.06. The molecule has 0 fully saturated rings. The number of aryl methyl sites for hydroxylation is 12. The Kier molecular flexibility index (Phi) is 14.2. The van der Waals surface area contributed by atoms with Gasteiger partial charge in [-0.2, -0.15) is 0 Å². The number of nitrogens with zero attached hydrogens (tertiary/aromatic N) is 12. The Morgan fingerprint density at radius 2 is 0.985 bits per heavy atom. The van der Waals surface area contributed by atoms with E-state index in [-0.39, 0.29) is 0 Å². The van der Waals surface area contributed by atoms with E-state index in [9.17, 15) is 0 Å². The van der Waals surface area contributed by atoms with Crippen LogP contribution in [-0.2, 0) is 35.2 Å². The summed E-state index contributed by atoms with van der Waals surface area (Å²) >= 11 is 0. The summed E-state index contributed by atoms with van der Waals surface area (Å²) in [4.78, 5) is 29.3. The maximum Gasteiger partial charge on any atom is 0.177 e. The average Bonchev–Trinajstić information content (AvgIpc) is 4.13. The van der Waals surface area contributed by atoms with Crippen molar-refractivity contribution in [2.75, 3.05) is 0 Å². The largest absolute Gasteiger partial charge is 0.461 e. The molecular formula is C53H58N12O. The number of fused-ring (bicyclic) bond motifs is 6. The molecule has 2 aromatic carbocycles. The highest BCUT2D eigenvalue weighted by Gasteiger charge is 2.06. The fourth-order valence-corrected chi connectivity index (χ4v) is 7.48. The minimum atomic E-state index is 0.826. The van der Waals surface area contributed by atoms with Crippen molar-refractivity contribution in [3.63, 3.8) is 0 Å². The summed E-state index contributed by atoms with van der Waals surface area (Å²) in [7, 11) is 10.1. The summed E-state index contributed by atoms with van der Waals surface area (Å²) in [6.45, 7) is 14.2. The van der Waals surface area contributed by atoms with Gasteiger partial charge in [0.1, 0.15) is 34.3 Å². The average molecular weight is 879 g/mol. The van der Waals surface area contributed by atoms with Gasteiger partial charge in [0.05, 0.1) is 45.5 Å². The van der Waals surface area contributed by atoms with Gasteiger partial charge >= 0.3 is 0 Å². The van der Waals surface area contributed by atoms with E-state index in [1.54, 1.807) is 24.8 Å². The highest BCUT2D eigenvalue weighted by Crippen LogP contribution is 2.24. The quantitative estimate of drug-likeness (QED) is 0.147. The first kappa shape index (κ1) is 46.1. The number of aromatic nitrogens is 12. The van der Waals surface area contributed by atoms with Gasteiger partial charge in [0, 0.05) is 82.3 Å². The summed E-state index contributed by atoms with van der Waals surface area (Å²) in [5.41, 5.74) is 14.5. The first-order chi connectivity index (χ1) is 31.7. The number of para-hydroxylation sites is 2. The Morgan fingerprint density at radius 1 is 0.424 bits per heavy atom. The molecule has 10 aromatic heterocycles. The molecule has 12 rings (SSSR count). The molecule has 66 heavy (non-hydrogen) atoms. The number of imidazole rings is 3. The third-order valence-corrected chi connectivity index (χ3v) is 12.0. The summed E-state index contributed by atoms with van der Waals surface area (Å²) in [5, 5.41) is 2.55. The van der Waals surface area contributed by atoms with Gasteiger partial charge < -0.3 is 27.3 Å². The zero-order chi connectivity index (χ0) is 47.1. The van der Waals surface area contributed by atoms with E-state index in [4.69, 9.17) is 4.42 Å². The zero-order valence-electron chi connectivity index (χ0n) is 40.0. The van der Waals surface area contributed by atoms with Crippen LogP contribution in [0.5, 0.6) is 0 Å².